The summed E-state index contributed by atoms with van der Waals surface area (Å²) in [6.07, 6.45) is 5.05. The first kappa shape index (κ1) is 23.6. The van der Waals surface area contributed by atoms with Crippen molar-refractivity contribution >= 4 is 16.9 Å². The lowest BCUT2D eigenvalue weighted by Gasteiger charge is -2.35. The van der Waals surface area contributed by atoms with Crippen LogP contribution in [-0.2, 0) is 4.79 Å². The van der Waals surface area contributed by atoms with Crippen molar-refractivity contribution in [3.8, 4) is 17.6 Å². The van der Waals surface area contributed by atoms with Gasteiger partial charge in [0.25, 0.3) is 0 Å². The van der Waals surface area contributed by atoms with E-state index in [0.29, 0.717) is 42.8 Å². The van der Waals surface area contributed by atoms with Gasteiger partial charge in [-0.2, -0.15) is 10.2 Å². The first-order valence-electron chi connectivity index (χ1n) is 11.3. The van der Waals surface area contributed by atoms with Gasteiger partial charge in [0.15, 0.2) is 0 Å². The third-order valence-corrected chi connectivity index (χ3v) is 6.39. The third kappa shape index (κ3) is 5.67. The predicted molar refractivity (Wildman–Crippen MR) is 126 cm³/mol. The number of aromatic nitrogens is 3. The molecule has 0 saturated carbocycles. The van der Waals surface area contributed by atoms with Crippen molar-refractivity contribution in [2.24, 2.45) is 11.8 Å². The van der Waals surface area contributed by atoms with Crippen molar-refractivity contribution in [2.75, 3.05) is 26.7 Å². The predicted octanol–water partition coefficient (Wildman–Crippen LogP) is 3.90. The molecule has 2 aromatic heterocycles. The van der Waals surface area contributed by atoms with E-state index in [1.54, 1.807) is 50.0 Å². The second-order valence-corrected chi connectivity index (χ2v) is 8.49. The van der Waals surface area contributed by atoms with E-state index < -0.39 is 18.1 Å². The number of rotatable bonds is 7. The van der Waals surface area contributed by atoms with Gasteiger partial charge in [-0.3, -0.25) is 14.7 Å². The van der Waals surface area contributed by atoms with Crippen LogP contribution in [0.1, 0.15) is 36.6 Å². The van der Waals surface area contributed by atoms with Gasteiger partial charge < -0.3 is 9.84 Å². The van der Waals surface area contributed by atoms with E-state index in [0.717, 1.165) is 17.5 Å². The van der Waals surface area contributed by atoms with Crippen LogP contribution in [-0.4, -0.2) is 57.9 Å². The number of methoxy groups -OCH3 is 1. The average molecular weight is 463 g/mol. The Kier molecular flexibility index (Phi) is 7.65. The molecule has 0 radical (unpaired) electrons. The Labute approximate surface area is 198 Å². The molecule has 0 spiro atoms. The molecule has 1 saturated heterocycles. The van der Waals surface area contributed by atoms with Crippen LogP contribution in [0.25, 0.3) is 10.9 Å². The minimum atomic E-state index is -1.20. The van der Waals surface area contributed by atoms with Crippen molar-refractivity contribution < 1.29 is 19.0 Å². The zero-order valence-corrected chi connectivity index (χ0v) is 19.0. The molecule has 1 aliphatic rings. The van der Waals surface area contributed by atoms with Gasteiger partial charge in [-0.1, -0.05) is 11.8 Å². The second-order valence-electron chi connectivity index (χ2n) is 8.49. The summed E-state index contributed by atoms with van der Waals surface area (Å²) >= 11 is 0. The molecule has 4 rings (SSSR count). The SMILES string of the molecule is COc1ccc2nccc([C@H](F)CC[C@@H]3CCN(CC#Cc4ccnnc4)C[C@@H]3C(=O)O)c2c1. The van der Waals surface area contributed by atoms with E-state index >= 15 is 4.39 Å². The number of hydrogen-bond acceptors (Lipinski definition) is 6. The normalized spacial score (nSPS) is 19.2. The minimum absolute atomic E-state index is 0.0769. The molecule has 1 fully saturated rings. The molecule has 176 valence electrons. The molecule has 1 aliphatic heterocycles. The average Bonchev–Trinajstić information content (AvgIpc) is 2.87. The Morgan fingerprint density at radius 2 is 2.18 bits per heavy atom. The van der Waals surface area contributed by atoms with E-state index in [2.05, 4.69) is 27.0 Å². The summed E-state index contributed by atoms with van der Waals surface area (Å²) in [7, 11) is 1.57. The summed E-state index contributed by atoms with van der Waals surface area (Å²) in [5.74, 6) is 5.30. The van der Waals surface area contributed by atoms with Crippen molar-refractivity contribution in [3.05, 3.63) is 60.0 Å². The van der Waals surface area contributed by atoms with Crippen LogP contribution in [0.3, 0.4) is 0 Å². The van der Waals surface area contributed by atoms with Crippen molar-refractivity contribution in [1.82, 2.24) is 20.1 Å². The van der Waals surface area contributed by atoms with Crippen LogP contribution in [0.4, 0.5) is 4.39 Å². The van der Waals surface area contributed by atoms with Gasteiger partial charge in [-0.15, -0.1) is 0 Å². The van der Waals surface area contributed by atoms with Gasteiger partial charge in [0.05, 0.1) is 37.5 Å². The minimum Gasteiger partial charge on any atom is -0.497 e. The lowest BCUT2D eigenvalue weighted by molar-refractivity contribution is -0.146. The molecule has 3 heterocycles. The zero-order valence-electron chi connectivity index (χ0n) is 19.0. The summed E-state index contributed by atoms with van der Waals surface area (Å²) in [5, 5.41) is 18.1. The van der Waals surface area contributed by atoms with Gasteiger partial charge in [0, 0.05) is 23.7 Å². The van der Waals surface area contributed by atoms with E-state index in [4.69, 9.17) is 4.74 Å². The lowest BCUT2D eigenvalue weighted by atomic mass is 9.81. The van der Waals surface area contributed by atoms with E-state index in [9.17, 15) is 9.90 Å². The van der Waals surface area contributed by atoms with Crippen LogP contribution in [0, 0.1) is 23.7 Å². The number of likely N-dealkylation sites (tertiary alicyclic amines) is 1. The number of benzene rings is 1. The molecular formula is C26H27FN4O3. The van der Waals surface area contributed by atoms with Crippen LogP contribution in [0.15, 0.2) is 48.9 Å². The standard InChI is InChI=1S/C26H27FN4O3/c1-34-20-5-7-25-22(15-20)21(9-11-28-25)24(27)6-4-19-10-14-31(17-23(19)26(32)33)13-2-3-18-8-12-29-30-16-18/h5,7-9,11-12,15-16,19,23-24H,4,6,10,13-14,17H2,1H3,(H,32,33)/t19-,23+,24-/m1/s1. The van der Waals surface area contributed by atoms with Crippen LogP contribution in [0.2, 0.25) is 0 Å². The highest BCUT2D eigenvalue weighted by Gasteiger charge is 2.34. The molecule has 34 heavy (non-hydrogen) atoms. The van der Waals surface area contributed by atoms with Crippen molar-refractivity contribution in [3.63, 3.8) is 0 Å². The number of pyridine rings is 1. The van der Waals surface area contributed by atoms with Crippen LogP contribution in [0.5, 0.6) is 5.75 Å². The maximum Gasteiger partial charge on any atom is 0.308 e. The molecule has 0 aliphatic carbocycles. The second kappa shape index (κ2) is 11.0. The molecular weight excluding hydrogens is 435 g/mol. The first-order chi connectivity index (χ1) is 16.5. The first-order valence-corrected chi connectivity index (χ1v) is 11.3. The molecule has 0 unspecified atom stereocenters. The summed E-state index contributed by atoms with van der Waals surface area (Å²) in [6, 6.07) is 8.89. The summed E-state index contributed by atoms with van der Waals surface area (Å²) in [5.41, 5.74) is 2.05. The number of carbonyl (C=O) groups is 1. The number of nitrogens with zero attached hydrogens (tertiary/aromatic N) is 4. The number of piperidine rings is 1. The fourth-order valence-electron chi connectivity index (χ4n) is 4.52. The van der Waals surface area contributed by atoms with Gasteiger partial charge in [-0.05, 0) is 67.6 Å². The van der Waals surface area contributed by atoms with Gasteiger partial charge in [0.1, 0.15) is 11.9 Å². The Balaban J connectivity index is 1.38. The van der Waals surface area contributed by atoms with E-state index in [1.807, 2.05) is 11.0 Å². The molecule has 3 aromatic rings. The monoisotopic (exact) mass is 462 g/mol. The molecule has 1 aromatic carbocycles. The Morgan fingerprint density at radius 1 is 1.29 bits per heavy atom. The van der Waals surface area contributed by atoms with E-state index in [-0.39, 0.29) is 12.3 Å². The highest BCUT2D eigenvalue weighted by atomic mass is 19.1. The topological polar surface area (TPSA) is 88.4 Å². The highest BCUT2D eigenvalue weighted by Crippen LogP contribution is 2.35. The van der Waals surface area contributed by atoms with Crippen molar-refractivity contribution in [1.29, 1.82) is 0 Å². The smallest absolute Gasteiger partial charge is 0.308 e. The molecule has 8 heteroatoms. The number of halogens is 1. The third-order valence-electron chi connectivity index (χ3n) is 6.39. The number of aliphatic carboxylic acids is 1. The maximum absolute atomic E-state index is 15.3. The lowest BCUT2D eigenvalue weighted by Crippen LogP contribution is -2.44. The molecule has 7 nitrogen and oxygen atoms in total. The molecule has 0 amide bonds. The zero-order chi connectivity index (χ0) is 23.9. The van der Waals surface area contributed by atoms with Gasteiger partial charge in [0.2, 0.25) is 0 Å². The fraction of sp³-hybridized carbons (Fsp3) is 0.385. The van der Waals surface area contributed by atoms with Crippen LogP contribution >= 0.6 is 0 Å². The number of alkyl halides is 1. The van der Waals surface area contributed by atoms with Crippen molar-refractivity contribution in [2.45, 2.75) is 25.4 Å². The summed E-state index contributed by atoms with van der Waals surface area (Å²) < 4.78 is 20.6. The number of ether oxygens (including phenoxy) is 1. The Hall–Kier alpha value is -3.57. The summed E-state index contributed by atoms with van der Waals surface area (Å²) in [4.78, 5) is 18.3. The van der Waals surface area contributed by atoms with Gasteiger partial charge in [-0.25, -0.2) is 4.39 Å². The molecule has 1 N–H and O–H groups in total. The molecule has 3 atom stereocenters. The van der Waals surface area contributed by atoms with E-state index in [1.165, 1.54) is 0 Å². The Bertz CT molecular complexity index is 1190. The number of hydrogen-bond donors (Lipinski definition) is 1. The number of fused-ring (bicyclic) bond motifs is 1. The molecule has 0 bridgehead atoms. The Morgan fingerprint density at radius 3 is 2.94 bits per heavy atom. The maximum atomic E-state index is 15.3. The largest absolute Gasteiger partial charge is 0.497 e. The fourth-order valence-corrected chi connectivity index (χ4v) is 4.52. The van der Waals surface area contributed by atoms with Crippen LogP contribution < -0.4 is 4.74 Å². The quantitative estimate of drug-likeness (QED) is 0.533. The summed E-state index contributed by atoms with van der Waals surface area (Å²) in [6.45, 7) is 1.63. The van der Waals surface area contributed by atoms with Gasteiger partial charge >= 0.3 is 5.97 Å². The number of carboxylic acids is 1. The highest BCUT2D eigenvalue weighted by molar-refractivity contribution is 5.83. The number of carboxylic acid groups (broad SMARTS) is 1.